The van der Waals surface area contributed by atoms with E-state index in [0.717, 1.165) is 38.3 Å². The second kappa shape index (κ2) is 9.30. The van der Waals surface area contributed by atoms with Crippen molar-refractivity contribution in [2.24, 2.45) is 5.92 Å². The van der Waals surface area contributed by atoms with Gasteiger partial charge in [0, 0.05) is 45.2 Å². The summed E-state index contributed by atoms with van der Waals surface area (Å²) in [5.41, 5.74) is 0.981. The first kappa shape index (κ1) is 18.3. The lowest BCUT2D eigenvalue weighted by molar-refractivity contribution is -0.121. The highest BCUT2D eigenvalue weighted by Crippen LogP contribution is 2.24. The van der Waals surface area contributed by atoms with Crippen molar-refractivity contribution in [2.45, 2.75) is 44.6 Å². The number of hydrogen-bond acceptors (Lipinski definition) is 3. The fraction of sp³-hybridized carbons (Fsp3) is 0.650. The molecule has 1 saturated heterocycles. The monoisotopic (exact) mass is 347 g/mol. The maximum Gasteiger partial charge on any atom is 0.221 e. The van der Waals surface area contributed by atoms with Crippen molar-refractivity contribution < 1.29 is 9.18 Å². The Hall–Kier alpha value is -1.46. The summed E-state index contributed by atoms with van der Waals surface area (Å²) in [6.07, 6.45) is 6.96. The van der Waals surface area contributed by atoms with Crippen LogP contribution in [0.15, 0.2) is 24.3 Å². The fourth-order valence-corrected chi connectivity index (χ4v) is 4.04. The number of hydrogen-bond donors (Lipinski definition) is 2. The number of benzene rings is 1. The standard InChI is InChI=1S/C20H30FN3O/c21-18-8-4-7-17(13-18)19-15-22-10-12-24(19)11-9-20(25)23-14-16-5-2-1-3-6-16/h4,7-8,13,16,19,22H,1-3,5-6,9-12,14-15H2,(H,23,25). The van der Waals surface area contributed by atoms with E-state index in [9.17, 15) is 9.18 Å². The van der Waals surface area contributed by atoms with Crippen LogP contribution >= 0.6 is 0 Å². The summed E-state index contributed by atoms with van der Waals surface area (Å²) in [6, 6.07) is 6.94. The second-order valence-electron chi connectivity index (χ2n) is 7.37. The second-order valence-corrected chi connectivity index (χ2v) is 7.37. The normalized spacial score (nSPS) is 22.7. The highest BCUT2D eigenvalue weighted by molar-refractivity contribution is 5.76. The molecule has 4 nitrogen and oxygen atoms in total. The lowest BCUT2D eigenvalue weighted by atomic mass is 9.89. The van der Waals surface area contributed by atoms with Crippen LogP contribution < -0.4 is 10.6 Å². The van der Waals surface area contributed by atoms with Crippen molar-refractivity contribution >= 4 is 5.91 Å². The van der Waals surface area contributed by atoms with Crippen LogP contribution in [0.3, 0.4) is 0 Å². The summed E-state index contributed by atoms with van der Waals surface area (Å²) in [5.74, 6) is 0.604. The number of nitrogens with one attached hydrogen (secondary N) is 2. The van der Waals surface area contributed by atoms with Crippen LogP contribution in [0, 0.1) is 11.7 Å². The number of carbonyl (C=O) groups is 1. The Bertz CT molecular complexity index is 560. The summed E-state index contributed by atoms with van der Waals surface area (Å²) in [5, 5.41) is 6.49. The van der Waals surface area contributed by atoms with Crippen LogP contribution in [0.1, 0.15) is 50.1 Å². The van der Waals surface area contributed by atoms with Gasteiger partial charge in [0.05, 0.1) is 0 Å². The van der Waals surface area contributed by atoms with Gasteiger partial charge in [0.15, 0.2) is 0 Å². The number of nitrogens with zero attached hydrogens (tertiary/aromatic N) is 1. The molecule has 1 aromatic rings. The molecule has 138 valence electrons. The van der Waals surface area contributed by atoms with Crippen molar-refractivity contribution in [3.8, 4) is 0 Å². The fourth-order valence-electron chi connectivity index (χ4n) is 4.04. The third-order valence-electron chi connectivity index (χ3n) is 5.53. The molecule has 25 heavy (non-hydrogen) atoms. The first-order valence-electron chi connectivity index (χ1n) is 9.69. The Morgan fingerprint density at radius 1 is 1.28 bits per heavy atom. The number of carbonyl (C=O) groups excluding carboxylic acids is 1. The summed E-state index contributed by atoms with van der Waals surface area (Å²) in [4.78, 5) is 14.5. The molecule has 1 aliphatic carbocycles. The number of amides is 1. The summed E-state index contributed by atoms with van der Waals surface area (Å²) >= 11 is 0. The molecule has 1 aliphatic heterocycles. The number of halogens is 1. The van der Waals surface area contributed by atoms with Crippen molar-refractivity contribution in [1.29, 1.82) is 0 Å². The molecule has 3 rings (SSSR count). The minimum Gasteiger partial charge on any atom is -0.356 e. The van der Waals surface area contributed by atoms with Gasteiger partial charge >= 0.3 is 0 Å². The highest BCUT2D eigenvalue weighted by Gasteiger charge is 2.24. The Kier molecular flexibility index (Phi) is 6.82. The summed E-state index contributed by atoms with van der Waals surface area (Å²) in [7, 11) is 0. The molecule has 2 fully saturated rings. The van der Waals surface area contributed by atoms with Gasteiger partial charge in [-0.05, 0) is 36.5 Å². The van der Waals surface area contributed by atoms with Gasteiger partial charge in [0.25, 0.3) is 0 Å². The third-order valence-corrected chi connectivity index (χ3v) is 5.53. The highest BCUT2D eigenvalue weighted by atomic mass is 19.1. The van der Waals surface area contributed by atoms with E-state index in [1.807, 2.05) is 6.07 Å². The topological polar surface area (TPSA) is 44.4 Å². The smallest absolute Gasteiger partial charge is 0.221 e. The average Bonchev–Trinajstić information content (AvgIpc) is 2.66. The van der Waals surface area contributed by atoms with Crippen molar-refractivity contribution in [1.82, 2.24) is 15.5 Å². The number of piperazine rings is 1. The number of rotatable bonds is 6. The quantitative estimate of drug-likeness (QED) is 0.832. The van der Waals surface area contributed by atoms with Gasteiger partial charge in [-0.15, -0.1) is 0 Å². The van der Waals surface area contributed by atoms with Crippen molar-refractivity contribution in [3.63, 3.8) is 0 Å². The van der Waals surface area contributed by atoms with Gasteiger partial charge in [0.2, 0.25) is 5.91 Å². The molecule has 2 N–H and O–H groups in total. The zero-order chi connectivity index (χ0) is 17.5. The maximum atomic E-state index is 13.5. The van der Waals surface area contributed by atoms with Crippen molar-refractivity contribution in [3.05, 3.63) is 35.6 Å². The molecular formula is C20H30FN3O. The Morgan fingerprint density at radius 3 is 2.92 bits per heavy atom. The Balaban J connectivity index is 1.47. The van der Waals surface area contributed by atoms with Gasteiger partial charge in [-0.2, -0.15) is 0 Å². The maximum absolute atomic E-state index is 13.5. The van der Waals surface area contributed by atoms with Crippen LogP contribution in [0.25, 0.3) is 0 Å². The molecule has 0 bridgehead atoms. The minimum atomic E-state index is -0.201. The van der Waals surface area contributed by atoms with Crippen LogP contribution in [0.5, 0.6) is 0 Å². The lowest BCUT2D eigenvalue weighted by Crippen LogP contribution is -2.47. The van der Waals surface area contributed by atoms with Crippen LogP contribution in [0.4, 0.5) is 4.39 Å². The molecular weight excluding hydrogens is 317 g/mol. The van der Waals surface area contributed by atoms with E-state index < -0.39 is 0 Å². The van der Waals surface area contributed by atoms with Gasteiger partial charge < -0.3 is 10.6 Å². The first-order chi connectivity index (χ1) is 12.2. The van der Waals surface area contributed by atoms with E-state index in [0.29, 0.717) is 12.3 Å². The van der Waals surface area contributed by atoms with E-state index in [1.165, 1.54) is 38.2 Å². The SMILES string of the molecule is O=C(CCN1CCNCC1c1cccc(F)c1)NCC1CCCCC1. The Morgan fingerprint density at radius 2 is 2.12 bits per heavy atom. The molecule has 5 heteroatoms. The lowest BCUT2D eigenvalue weighted by Gasteiger charge is -2.36. The molecule has 1 amide bonds. The van der Waals surface area contributed by atoms with Crippen molar-refractivity contribution in [2.75, 3.05) is 32.7 Å². The van der Waals surface area contributed by atoms with Gasteiger partial charge in [0.1, 0.15) is 5.82 Å². The zero-order valence-corrected chi connectivity index (χ0v) is 15.0. The third kappa shape index (κ3) is 5.51. The van der Waals surface area contributed by atoms with Gasteiger partial charge in [-0.3, -0.25) is 9.69 Å². The molecule has 2 aliphatic rings. The van der Waals surface area contributed by atoms with Crippen LogP contribution in [0.2, 0.25) is 0 Å². The van der Waals surface area contributed by atoms with Crippen LogP contribution in [-0.4, -0.2) is 43.5 Å². The molecule has 0 spiro atoms. The molecule has 0 aromatic heterocycles. The molecule has 1 aromatic carbocycles. The zero-order valence-electron chi connectivity index (χ0n) is 15.0. The van der Waals surface area contributed by atoms with E-state index in [4.69, 9.17) is 0 Å². The molecule has 1 atom stereocenters. The molecule has 0 radical (unpaired) electrons. The first-order valence-corrected chi connectivity index (χ1v) is 9.69. The minimum absolute atomic E-state index is 0.135. The largest absolute Gasteiger partial charge is 0.356 e. The van der Waals surface area contributed by atoms with E-state index in [-0.39, 0.29) is 17.8 Å². The Labute approximate surface area is 150 Å². The molecule has 1 unspecified atom stereocenters. The molecule has 1 heterocycles. The van der Waals surface area contributed by atoms with E-state index in [2.05, 4.69) is 15.5 Å². The predicted molar refractivity (Wildman–Crippen MR) is 97.8 cm³/mol. The van der Waals surface area contributed by atoms with Crippen LogP contribution in [-0.2, 0) is 4.79 Å². The van der Waals surface area contributed by atoms with Gasteiger partial charge in [-0.25, -0.2) is 4.39 Å². The molecule has 1 saturated carbocycles. The predicted octanol–water partition coefficient (Wildman–Crippen LogP) is 2.86. The van der Waals surface area contributed by atoms with E-state index in [1.54, 1.807) is 12.1 Å². The summed E-state index contributed by atoms with van der Waals surface area (Å²) < 4.78 is 13.5. The summed E-state index contributed by atoms with van der Waals surface area (Å²) in [6.45, 7) is 4.15. The van der Waals surface area contributed by atoms with E-state index >= 15 is 0 Å². The van der Waals surface area contributed by atoms with Gasteiger partial charge in [-0.1, -0.05) is 31.4 Å². The average molecular weight is 347 g/mol.